The lowest BCUT2D eigenvalue weighted by molar-refractivity contribution is -0.130. The van der Waals surface area contributed by atoms with Gasteiger partial charge in [-0.1, -0.05) is 23.4 Å². The summed E-state index contributed by atoms with van der Waals surface area (Å²) in [6.45, 7) is 5.62. The van der Waals surface area contributed by atoms with Crippen LogP contribution in [0.4, 0.5) is 0 Å². The number of carbonyl (C=O) groups is 1. The van der Waals surface area contributed by atoms with Crippen LogP contribution >= 0.6 is 0 Å². The number of ether oxygens (including phenoxy) is 1. The van der Waals surface area contributed by atoms with Crippen LogP contribution in [0.3, 0.4) is 0 Å². The zero-order valence-electron chi connectivity index (χ0n) is 15.5. The first-order valence-corrected chi connectivity index (χ1v) is 8.76. The number of benzene rings is 2. The first-order valence-electron chi connectivity index (χ1n) is 8.76. The molecule has 3 aromatic rings. The highest BCUT2D eigenvalue weighted by atomic mass is 16.5. The molecule has 0 saturated carbocycles. The quantitative estimate of drug-likeness (QED) is 0.656. The molecular formula is C20H24N4O2. The Morgan fingerprint density at radius 2 is 1.88 bits per heavy atom. The SMILES string of the molecule is Cc1cc(C)cc(OCCN(C)C(=O)CCn2nnc3ccccc32)c1. The highest BCUT2D eigenvalue weighted by Crippen LogP contribution is 2.16. The first-order chi connectivity index (χ1) is 12.5. The van der Waals surface area contributed by atoms with Gasteiger partial charge in [0.25, 0.3) is 0 Å². The number of rotatable bonds is 7. The summed E-state index contributed by atoms with van der Waals surface area (Å²) in [7, 11) is 1.80. The predicted octanol–water partition coefficient (Wildman–Crippen LogP) is 2.98. The molecule has 0 atom stereocenters. The van der Waals surface area contributed by atoms with Crippen molar-refractivity contribution in [3.63, 3.8) is 0 Å². The van der Waals surface area contributed by atoms with Crippen molar-refractivity contribution in [1.29, 1.82) is 0 Å². The minimum Gasteiger partial charge on any atom is -0.492 e. The zero-order valence-corrected chi connectivity index (χ0v) is 15.5. The van der Waals surface area contributed by atoms with E-state index < -0.39 is 0 Å². The third kappa shape index (κ3) is 4.39. The monoisotopic (exact) mass is 352 g/mol. The maximum absolute atomic E-state index is 12.3. The number of para-hydroxylation sites is 1. The maximum Gasteiger partial charge on any atom is 0.224 e. The second kappa shape index (κ2) is 7.99. The van der Waals surface area contributed by atoms with Gasteiger partial charge in [-0.05, 0) is 49.2 Å². The van der Waals surface area contributed by atoms with Crippen molar-refractivity contribution in [2.45, 2.75) is 26.8 Å². The minimum atomic E-state index is 0.0635. The fraction of sp³-hybridized carbons (Fsp3) is 0.350. The van der Waals surface area contributed by atoms with Gasteiger partial charge in [0.05, 0.1) is 18.6 Å². The lowest BCUT2D eigenvalue weighted by Crippen LogP contribution is -2.31. The van der Waals surface area contributed by atoms with Gasteiger partial charge in [-0.2, -0.15) is 0 Å². The molecule has 3 rings (SSSR count). The summed E-state index contributed by atoms with van der Waals surface area (Å²) in [4.78, 5) is 14.0. The van der Waals surface area contributed by atoms with Crippen LogP contribution in [0, 0.1) is 13.8 Å². The molecule has 0 radical (unpaired) electrons. The van der Waals surface area contributed by atoms with Crippen molar-refractivity contribution in [2.24, 2.45) is 0 Å². The van der Waals surface area contributed by atoms with Crippen LogP contribution in [0.1, 0.15) is 17.5 Å². The van der Waals surface area contributed by atoms with Crippen molar-refractivity contribution in [3.05, 3.63) is 53.6 Å². The number of hydrogen-bond donors (Lipinski definition) is 0. The van der Waals surface area contributed by atoms with Gasteiger partial charge in [0.1, 0.15) is 17.9 Å². The van der Waals surface area contributed by atoms with Crippen molar-refractivity contribution in [2.75, 3.05) is 20.2 Å². The average molecular weight is 352 g/mol. The molecule has 0 bridgehead atoms. The molecule has 1 heterocycles. The standard InChI is InChI=1S/C20H24N4O2/c1-15-12-16(2)14-17(13-15)26-11-10-23(3)20(25)8-9-24-19-7-5-4-6-18(19)21-22-24/h4-7,12-14H,8-11H2,1-3H3. The summed E-state index contributed by atoms with van der Waals surface area (Å²) < 4.78 is 7.55. The molecule has 0 fully saturated rings. The lowest BCUT2D eigenvalue weighted by Gasteiger charge is -2.18. The van der Waals surface area contributed by atoms with E-state index in [1.807, 2.05) is 50.2 Å². The minimum absolute atomic E-state index is 0.0635. The van der Waals surface area contributed by atoms with E-state index in [2.05, 4.69) is 16.4 Å². The predicted molar refractivity (Wildman–Crippen MR) is 101 cm³/mol. The van der Waals surface area contributed by atoms with E-state index in [-0.39, 0.29) is 5.91 Å². The summed E-state index contributed by atoms with van der Waals surface area (Å²) >= 11 is 0. The Labute approximate surface area is 153 Å². The number of likely N-dealkylation sites (N-methyl/N-ethyl adjacent to an activating group) is 1. The summed E-state index contributed by atoms with van der Waals surface area (Å²) in [5, 5.41) is 8.22. The van der Waals surface area contributed by atoms with Gasteiger partial charge in [0.2, 0.25) is 5.91 Å². The third-order valence-corrected chi connectivity index (χ3v) is 4.27. The smallest absolute Gasteiger partial charge is 0.224 e. The van der Waals surface area contributed by atoms with Crippen molar-refractivity contribution >= 4 is 16.9 Å². The summed E-state index contributed by atoms with van der Waals surface area (Å²) in [5.74, 6) is 0.908. The molecule has 2 aromatic carbocycles. The molecule has 6 nitrogen and oxygen atoms in total. The third-order valence-electron chi connectivity index (χ3n) is 4.27. The number of carbonyl (C=O) groups excluding carboxylic acids is 1. The van der Waals surface area contributed by atoms with Gasteiger partial charge in [-0.25, -0.2) is 4.68 Å². The van der Waals surface area contributed by atoms with Gasteiger partial charge in [-0.3, -0.25) is 4.79 Å². The molecule has 0 aliphatic rings. The van der Waals surface area contributed by atoms with E-state index in [1.54, 1.807) is 16.6 Å². The van der Waals surface area contributed by atoms with E-state index in [4.69, 9.17) is 4.74 Å². The highest BCUT2D eigenvalue weighted by Gasteiger charge is 2.11. The van der Waals surface area contributed by atoms with Gasteiger partial charge in [0, 0.05) is 13.5 Å². The Hall–Kier alpha value is -2.89. The highest BCUT2D eigenvalue weighted by molar-refractivity contribution is 5.77. The Kier molecular flexibility index (Phi) is 5.51. The maximum atomic E-state index is 12.3. The van der Waals surface area contributed by atoms with Crippen LogP contribution in [-0.2, 0) is 11.3 Å². The first kappa shape index (κ1) is 17.9. The van der Waals surface area contributed by atoms with Crippen LogP contribution in [0.25, 0.3) is 11.0 Å². The van der Waals surface area contributed by atoms with E-state index in [0.717, 1.165) is 16.8 Å². The molecule has 6 heteroatoms. The second-order valence-electron chi connectivity index (χ2n) is 6.54. The fourth-order valence-electron chi connectivity index (χ4n) is 2.92. The van der Waals surface area contributed by atoms with Crippen LogP contribution in [0.5, 0.6) is 5.75 Å². The van der Waals surface area contributed by atoms with Gasteiger partial charge in [0.15, 0.2) is 0 Å². The van der Waals surface area contributed by atoms with Crippen molar-refractivity contribution in [3.8, 4) is 5.75 Å². The average Bonchev–Trinajstić information content (AvgIpc) is 3.02. The molecular weight excluding hydrogens is 328 g/mol. The number of aromatic nitrogens is 3. The number of fused-ring (bicyclic) bond motifs is 1. The molecule has 0 saturated heterocycles. The van der Waals surface area contributed by atoms with Crippen LogP contribution in [0.15, 0.2) is 42.5 Å². The largest absolute Gasteiger partial charge is 0.492 e. The van der Waals surface area contributed by atoms with Gasteiger partial charge < -0.3 is 9.64 Å². The molecule has 136 valence electrons. The van der Waals surface area contributed by atoms with E-state index in [9.17, 15) is 4.79 Å². The fourth-order valence-corrected chi connectivity index (χ4v) is 2.92. The van der Waals surface area contributed by atoms with Crippen molar-refractivity contribution < 1.29 is 9.53 Å². The Bertz CT molecular complexity index is 883. The summed E-state index contributed by atoms with van der Waals surface area (Å²) in [6, 6.07) is 13.9. The van der Waals surface area contributed by atoms with Crippen LogP contribution < -0.4 is 4.74 Å². The lowest BCUT2D eigenvalue weighted by atomic mass is 10.1. The number of hydrogen-bond acceptors (Lipinski definition) is 4. The Balaban J connectivity index is 1.47. The topological polar surface area (TPSA) is 60.2 Å². The molecule has 0 spiro atoms. The van der Waals surface area contributed by atoms with Crippen LogP contribution in [-0.4, -0.2) is 46.0 Å². The molecule has 26 heavy (non-hydrogen) atoms. The summed E-state index contributed by atoms with van der Waals surface area (Å²) in [6.07, 6.45) is 0.382. The van der Waals surface area contributed by atoms with Crippen LogP contribution in [0.2, 0.25) is 0 Å². The van der Waals surface area contributed by atoms with E-state index in [0.29, 0.717) is 26.1 Å². The molecule has 1 aromatic heterocycles. The zero-order chi connectivity index (χ0) is 18.5. The number of aryl methyl sites for hydroxylation is 3. The summed E-state index contributed by atoms with van der Waals surface area (Å²) in [5.41, 5.74) is 4.13. The molecule has 0 aliphatic heterocycles. The Morgan fingerprint density at radius 3 is 2.65 bits per heavy atom. The van der Waals surface area contributed by atoms with Gasteiger partial charge >= 0.3 is 0 Å². The molecule has 0 N–H and O–H groups in total. The second-order valence-corrected chi connectivity index (χ2v) is 6.54. The Morgan fingerprint density at radius 1 is 1.15 bits per heavy atom. The number of nitrogens with zero attached hydrogens (tertiary/aromatic N) is 4. The number of amides is 1. The van der Waals surface area contributed by atoms with Gasteiger partial charge in [-0.15, -0.1) is 5.10 Å². The molecule has 1 amide bonds. The van der Waals surface area contributed by atoms with E-state index >= 15 is 0 Å². The molecule has 0 unspecified atom stereocenters. The van der Waals surface area contributed by atoms with E-state index in [1.165, 1.54) is 11.1 Å². The van der Waals surface area contributed by atoms with Crippen molar-refractivity contribution in [1.82, 2.24) is 19.9 Å². The normalized spacial score (nSPS) is 10.9. The molecule has 0 aliphatic carbocycles.